The largest absolute Gasteiger partial charge is 0.478 e. The lowest BCUT2D eigenvalue weighted by Crippen LogP contribution is -2.47. The molecular weight excluding hydrogens is 274 g/mol. The fourth-order valence-electron chi connectivity index (χ4n) is 1.97. The van der Waals surface area contributed by atoms with Gasteiger partial charge >= 0.3 is 12.0 Å². The highest BCUT2D eigenvalue weighted by molar-refractivity contribution is 5.88. The zero-order chi connectivity index (χ0) is 14.8. The Morgan fingerprint density at radius 2 is 2.05 bits per heavy atom. The molecule has 0 bridgehead atoms. The van der Waals surface area contributed by atoms with Crippen LogP contribution in [0.5, 0.6) is 0 Å². The van der Waals surface area contributed by atoms with Crippen molar-refractivity contribution < 1.29 is 27.9 Å². The van der Waals surface area contributed by atoms with Gasteiger partial charge in [0.15, 0.2) is 0 Å². The van der Waals surface area contributed by atoms with Gasteiger partial charge in [0.2, 0.25) is 0 Å². The molecule has 0 atom stereocenters. The van der Waals surface area contributed by atoms with E-state index in [1.54, 1.807) is 0 Å². The first-order chi connectivity index (χ1) is 9.39. The molecule has 1 aromatic rings. The van der Waals surface area contributed by atoms with E-state index in [4.69, 9.17) is 9.52 Å². The fraction of sp³-hybridized carbons (Fsp3) is 0.500. The summed E-state index contributed by atoms with van der Waals surface area (Å²) in [6.45, 7) is -0.147. The van der Waals surface area contributed by atoms with Gasteiger partial charge in [0, 0.05) is 25.9 Å². The summed E-state index contributed by atoms with van der Waals surface area (Å²) in [6.07, 6.45) is 0.496. The normalized spacial score (nSPS) is 17.8. The Morgan fingerprint density at radius 3 is 2.65 bits per heavy atom. The first-order valence-electron chi connectivity index (χ1n) is 6.09. The number of carbonyl (C=O) groups is 2. The molecule has 1 fully saturated rings. The number of alkyl halides is 2. The Morgan fingerprint density at radius 1 is 1.40 bits per heavy atom. The Bertz CT molecular complexity index is 505. The molecule has 110 valence electrons. The molecule has 2 amide bonds. The average molecular weight is 288 g/mol. The van der Waals surface area contributed by atoms with Gasteiger partial charge in [-0.05, 0) is 6.07 Å². The van der Waals surface area contributed by atoms with Gasteiger partial charge in [-0.1, -0.05) is 0 Å². The maximum Gasteiger partial charge on any atom is 0.339 e. The minimum atomic E-state index is -2.71. The molecule has 6 nitrogen and oxygen atoms in total. The van der Waals surface area contributed by atoms with Crippen LogP contribution in [0.1, 0.15) is 29.0 Å². The van der Waals surface area contributed by atoms with Crippen LogP contribution >= 0.6 is 0 Å². The number of amides is 2. The van der Waals surface area contributed by atoms with Gasteiger partial charge in [-0.3, -0.25) is 0 Å². The van der Waals surface area contributed by atoms with Crippen LogP contribution in [0, 0.1) is 0 Å². The lowest BCUT2D eigenvalue weighted by atomic mass is 10.1. The number of rotatable bonds is 3. The van der Waals surface area contributed by atoms with Crippen molar-refractivity contribution in [2.75, 3.05) is 13.1 Å². The number of nitrogens with one attached hydrogen (secondary N) is 1. The molecular formula is C12H14F2N2O4. The van der Waals surface area contributed by atoms with E-state index < -0.39 is 17.9 Å². The van der Waals surface area contributed by atoms with Crippen molar-refractivity contribution in [3.63, 3.8) is 0 Å². The zero-order valence-electron chi connectivity index (χ0n) is 10.6. The maximum atomic E-state index is 13.0. The summed E-state index contributed by atoms with van der Waals surface area (Å²) < 4.78 is 30.9. The van der Waals surface area contributed by atoms with E-state index >= 15 is 0 Å². The highest BCUT2D eigenvalue weighted by Gasteiger charge is 2.35. The predicted octanol–water partition coefficient (Wildman–Crippen LogP) is 1.92. The number of hydrogen-bond donors (Lipinski definition) is 2. The molecule has 2 N–H and O–H groups in total. The van der Waals surface area contributed by atoms with Crippen molar-refractivity contribution in [1.82, 2.24) is 10.2 Å². The van der Waals surface area contributed by atoms with E-state index in [1.165, 1.54) is 17.2 Å². The minimum absolute atomic E-state index is 0.0250. The fourth-order valence-corrected chi connectivity index (χ4v) is 1.97. The van der Waals surface area contributed by atoms with Crippen molar-refractivity contribution in [2.45, 2.75) is 25.3 Å². The third kappa shape index (κ3) is 3.25. The van der Waals surface area contributed by atoms with E-state index in [2.05, 4.69) is 5.32 Å². The summed E-state index contributed by atoms with van der Waals surface area (Å²) in [6, 6.07) is 0.777. The number of aromatic carboxylic acids is 1. The quantitative estimate of drug-likeness (QED) is 0.890. The van der Waals surface area contributed by atoms with E-state index in [-0.39, 0.29) is 43.8 Å². The number of nitrogens with zero attached hydrogens (tertiary/aromatic N) is 1. The van der Waals surface area contributed by atoms with Crippen LogP contribution in [0.3, 0.4) is 0 Å². The maximum absolute atomic E-state index is 13.0. The molecule has 0 unspecified atom stereocenters. The van der Waals surface area contributed by atoms with Gasteiger partial charge < -0.3 is 19.7 Å². The average Bonchev–Trinajstić information content (AvgIpc) is 2.84. The Kier molecular flexibility index (Phi) is 3.91. The Labute approximate surface area is 113 Å². The summed E-state index contributed by atoms with van der Waals surface area (Å²) >= 11 is 0. The van der Waals surface area contributed by atoms with Crippen molar-refractivity contribution in [1.29, 1.82) is 0 Å². The summed E-state index contributed by atoms with van der Waals surface area (Å²) in [4.78, 5) is 23.9. The highest BCUT2D eigenvalue weighted by atomic mass is 19.3. The van der Waals surface area contributed by atoms with Gasteiger partial charge in [0.05, 0.1) is 12.8 Å². The molecule has 1 aliphatic rings. The lowest BCUT2D eigenvalue weighted by Gasteiger charge is -2.31. The molecule has 0 spiro atoms. The Hall–Kier alpha value is -2.12. The van der Waals surface area contributed by atoms with E-state index in [0.29, 0.717) is 0 Å². The topological polar surface area (TPSA) is 82.8 Å². The van der Waals surface area contributed by atoms with Crippen LogP contribution in [-0.4, -0.2) is 41.0 Å². The van der Waals surface area contributed by atoms with Crippen LogP contribution in [-0.2, 0) is 6.54 Å². The zero-order valence-corrected chi connectivity index (χ0v) is 10.6. The monoisotopic (exact) mass is 288 g/mol. The Balaban J connectivity index is 1.87. The molecule has 0 aromatic carbocycles. The van der Waals surface area contributed by atoms with Crippen molar-refractivity contribution in [3.8, 4) is 0 Å². The first kappa shape index (κ1) is 14.3. The third-order valence-electron chi connectivity index (χ3n) is 3.16. The molecule has 20 heavy (non-hydrogen) atoms. The second-order valence-electron chi connectivity index (χ2n) is 4.56. The third-order valence-corrected chi connectivity index (χ3v) is 3.16. The van der Waals surface area contributed by atoms with Crippen LogP contribution in [0.15, 0.2) is 16.7 Å². The highest BCUT2D eigenvalue weighted by Crippen LogP contribution is 2.27. The molecule has 0 radical (unpaired) electrons. The van der Waals surface area contributed by atoms with Crippen molar-refractivity contribution >= 4 is 12.0 Å². The van der Waals surface area contributed by atoms with Crippen molar-refractivity contribution in [3.05, 3.63) is 23.7 Å². The number of carbonyl (C=O) groups excluding carboxylic acids is 1. The van der Waals surface area contributed by atoms with Gasteiger partial charge in [0.1, 0.15) is 11.3 Å². The second kappa shape index (κ2) is 5.48. The number of piperidine rings is 1. The summed E-state index contributed by atoms with van der Waals surface area (Å²) in [5, 5.41) is 11.3. The van der Waals surface area contributed by atoms with E-state index in [1.807, 2.05) is 0 Å². The molecule has 1 aromatic heterocycles. The summed E-state index contributed by atoms with van der Waals surface area (Å²) in [5.74, 6) is -3.75. The number of furan rings is 1. The SMILES string of the molecule is O=C(O)c1ccoc1CNC(=O)N1CCC(F)(F)CC1. The van der Waals surface area contributed by atoms with Crippen LogP contribution in [0.4, 0.5) is 13.6 Å². The van der Waals surface area contributed by atoms with Crippen LogP contribution in [0.25, 0.3) is 0 Å². The van der Waals surface area contributed by atoms with Crippen molar-refractivity contribution in [2.24, 2.45) is 0 Å². The number of likely N-dealkylation sites (tertiary alicyclic amines) is 1. The standard InChI is InChI=1S/C12H14F2N2O4/c13-12(14)2-4-16(5-3-12)11(19)15-7-9-8(10(17)18)1-6-20-9/h1,6H,2-5,7H2,(H,15,19)(H,17,18). The van der Waals surface area contributed by atoms with Gasteiger partial charge in [0.25, 0.3) is 5.92 Å². The second-order valence-corrected chi connectivity index (χ2v) is 4.56. The van der Waals surface area contributed by atoms with E-state index in [9.17, 15) is 18.4 Å². The number of urea groups is 1. The summed E-state index contributed by atoms with van der Waals surface area (Å²) in [7, 11) is 0. The number of carboxylic acid groups (broad SMARTS) is 1. The molecule has 0 saturated carbocycles. The number of halogens is 2. The molecule has 2 rings (SSSR count). The number of carboxylic acids is 1. The first-order valence-corrected chi connectivity index (χ1v) is 6.09. The number of hydrogen-bond acceptors (Lipinski definition) is 3. The molecule has 0 aliphatic carbocycles. The smallest absolute Gasteiger partial charge is 0.339 e. The summed E-state index contributed by atoms with van der Waals surface area (Å²) in [5.41, 5.74) is -0.0320. The molecule has 8 heteroatoms. The minimum Gasteiger partial charge on any atom is -0.478 e. The predicted molar refractivity (Wildman–Crippen MR) is 63.7 cm³/mol. The molecule has 2 heterocycles. The van der Waals surface area contributed by atoms with E-state index in [0.717, 1.165) is 0 Å². The van der Waals surface area contributed by atoms with Crippen LogP contribution in [0.2, 0.25) is 0 Å². The molecule has 1 saturated heterocycles. The van der Waals surface area contributed by atoms with Gasteiger partial charge in [-0.2, -0.15) is 0 Å². The van der Waals surface area contributed by atoms with Gasteiger partial charge in [-0.25, -0.2) is 18.4 Å². The molecule has 1 aliphatic heterocycles. The van der Waals surface area contributed by atoms with Gasteiger partial charge in [-0.15, -0.1) is 0 Å². The van der Waals surface area contributed by atoms with Crippen LogP contribution < -0.4 is 5.32 Å². The lowest BCUT2D eigenvalue weighted by molar-refractivity contribution is -0.0470.